The lowest BCUT2D eigenvalue weighted by Crippen LogP contribution is -2.27. The van der Waals surface area contributed by atoms with Crippen LogP contribution in [0.1, 0.15) is 23.6 Å². The number of nitrogens with zero attached hydrogens (tertiary/aromatic N) is 1. The lowest BCUT2D eigenvalue weighted by Gasteiger charge is -2.14. The molecule has 1 aliphatic rings. The van der Waals surface area contributed by atoms with Crippen molar-refractivity contribution in [2.24, 2.45) is 0 Å². The van der Waals surface area contributed by atoms with Gasteiger partial charge in [0.15, 0.2) is 6.61 Å². The Bertz CT molecular complexity index is 1020. The average molecular weight is 490 g/mol. The highest BCUT2D eigenvalue weighted by Gasteiger charge is 2.35. The Balaban J connectivity index is 1.82. The third-order valence-corrected chi connectivity index (χ3v) is 5.77. The monoisotopic (exact) mass is 489 g/mol. The van der Waals surface area contributed by atoms with Gasteiger partial charge in [-0.25, -0.2) is 4.79 Å². The maximum Gasteiger partial charge on any atom is 0.344 e. The van der Waals surface area contributed by atoms with E-state index >= 15 is 0 Å². The number of hydrogen-bond donors (Lipinski definition) is 0. The normalized spacial score (nSPS) is 15.0. The van der Waals surface area contributed by atoms with Crippen molar-refractivity contribution in [3.8, 4) is 5.75 Å². The molecular weight excluding hydrogens is 470 g/mol. The fourth-order valence-corrected chi connectivity index (χ4v) is 4.05. The van der Waals surface area contributed by atoms with E-state index < -0.39 is 5.97 Å². The Kier molecular flexibility index (Phi) is 7.33. The van der Waals surface area contributed by atoms with Gasteiger partial charge in [-0.15, -0.1) is 0 Å². The first-order chi connectivity index (χ1) is 14.4. The van der Waals surface area contributed by atoms with Crippen LogP contribution in [0, 0.1) is 6.92 Å². The van der Waals surface area contributed by atoms with Crippen LogP contribution < -0.4 is 4.74 Å². The second kappa shape index (κ2) is 9.95. The third-order valence-electron chi connectivity index (χ3n) is 4.37. The van der Waals surface area contributed by atoms with E-state index in [1.54, 1.807) is 31.2 Å². The van der Waals surface area contributed by atoms with E-state index in [1.807, 2.05) is 31.2 Å². The van der Waals surface area contributed by atoms with Gasteiger partial charge in [0, 0.05) is 10.0 Å². The number of thioether (sulfide) groups is 1. The lowest BCUT2D eigenvalue weighted by atomic mass is 10.1. The molecule has 0 saturated carbocycles. The van der Waals surface area contributed by atoms with Crippen molar-refractivity contribution in [1.29, 1.82) is 0 Å². The number of aryl methyl sites for hydroxylation is 1. The minimum absolute atomic E-state index is 0.222. The molecule has 1 fully saturated rings. The van der Waals surface area contributed by atoms with E-state index in [0.29, 0.717) is 16.2 Å². The predicted molar refractivity (Wildman–Crippen MR) is 119 cm³/mol. The Morgan fingerprint density at radius 2 is 1.97 bits per heavy atom. The topological polar surface area (TPSA) is 72.9 Å². The standard InChI is InChI=1S/C22H20BrNO5S/c1-3-28-20(25)13-29-18-9-8-17(23)10-16(18)11-19-21(26)24(22(27)30-19)12-15-7-5-4-6-14(15)2/h4-11H,3,12-13H2,1-2H3/b19-11-. The van der Waals surface area contributed by atoms with Gasteiger partial charge in [0.1, 0.15) is 5.75 Å². The predicted octanol–water partition coefficient (Wildman–Crippen LogP) is 4.94. The molecule has 156 valence electrons. The summed E-state index contributed by atoms with van der Waals surface area (Å²) in [6, 6.07) is 12.9. The SMILES string of the molecule is CCOC(=O)COc1ccc(Br)cc1/C=C1\SC(=O)N(Cc2ccccc2C)C1=O. The quantitative estimate of drug-likeness (QED) is 0.405. The summed E-state index contributed by atoms with van der Waals surface area (Å²) in [5.74, 6) is -0.425. The summed E-state index contributed by atoms with van der Waals surface area (Å²) < 4.78 is 11.2. The minimum Gasteiger partial charge on any atom is -0.481 e. The van der Waals surface area contributed by atoms with E-state index in [-0.39, 0.29) is 30.9 Å². The molecule has 2 aromatic carbocycles. The van der Waals surface area contributed by atoms with Crippen molar-refractivity contribution in [2.45, 2.75) is 20.4 Å². The van der Waals surface area contributed by atoms with Crippen molar-refractivity contribution in [2.75, 3.05) is 13.2 Å². The fraction of sp³-hybridized carbons (Fsp3) is 0.227. The number of imide groups is 1. The van der Waals surface area contributed by atoms with Gasteiger partial charge in [-0.1, -0.05) is 40.2 Å². The summed E-state index contributed by atoms with van der Waals surface area (Å²) in [6.07, 6.45) is 1.61. The van der Waals surface area contributed by atoms with E-state index in [0.717, 1.165) is 27.4 Å². The smallest absolute Gasteiger partial charge is 0.344 e. The van der Waals surface area contributed by atoms with Crippen LogP contribution in [0.15, 0.2) is 51.8 Å². The number of ether oxygens (including phenoxy) is 2. The molecule has 30 heavy (non-hydrogen) atoms. The lowest BCUT2D eigenvalue weighted by molar-refractivity contribution is -0.145. The summed E-state index contributed by atoms with van der Waals surface area (Å²) in [5.41, 5.74) is 2.51. The molecule has 0 N–H and O–H groups in total. The molecular formula is C22H20BrNO5S. The van der Waals surface area contributed by atoms with Crippen molar-refractivity contribution < 1.29 is 23.9 Å². The van der Waals surface area contributed by atoms with Crippen molar-refractivity contribution >= 4 is 50.9 Å². The Morgan fingerprint density at radius 1 is 1.20 bits per heavy atom. The maximum absolute atomic E-state index is 12.9. The first kappa shape index (κ1) is 22.1. The van der Waals surface area contributed by atoms with Crippen LogP contribution >= 0.6 is 27.7 Å². The maximum atomic E-state index is 12.9. The molecule has 2 amide bonds. The number of hydrogen-bond acceptors (Lipinski definition) is 6. The number of carbonyl (C=O) groups excluding carboxylic acids is 3. The Hall–Kier alpha value is -2.58. The van der Waals surface area contributed by atoms with E-state index in [1.165, 1.54) is 4.90 Å². The summed E-state index contributed by atoms with van der Waals surface area (Å²) in [4.78, 5) is 38.5. The highest BCUT2D eigenvalue weighted by Crippen LogP contribution is 2.35. The number of carbonyl (C=O) groups is 3. The number of amides is 2. The summed E-state index contributed by atoms with van der Waals surface area (Å²) in [6.45, 7) is 3.91. The van der Waals surface area contributed by atoms with Gasteiger partial charge in [-0.05, 0) is 61.0 Å². The molecule has 0 radical (unpaired) electrons. The zero-order valence-corrected chi connectivity index (χ0v) is 18.9. The Morgan fingerprint density at radius 3 is 2.70 bits per heavy atom. The fourth-order valence-electron chi connectivity index (χ4n) is 2.84. The van der Waals surface area contributed by atoms with E-state index in [2.05, 4.69) is 15.9 Å². The molecule has 6 nitrogen and oxygen atoms in total. The Labute approximate surface area is 187 Å². The summed E-state index contributed by atoms with van der Waals surface area (Å²) in [5, 5.41) is -0.321. The van der Waals surface area contributed by atoms with Crippen LogP contribution in [0.25, 0.3) is 6.08 Å². The van der Waals surface area contributed by atoms with Crippen molar-refractivity contribution in [3.63, 3.8) is 0 Å². The number of benzene rings is 2. The molecule has 1 saturated heterocycles. The number of halogens is 1. The van der Waals surface area contributed by atoms with Gasteiger partial charge in [-0.3, -0.25) is 14.5 Å². The van der Waals surface area contributed by atoms with Crippen LogP contribution in [0.4, 0.5) is 4.79 Å². The molecule has 0 aromatic heterocycles. The largest absolute Gasteiger partial charge is 0.481 e. The molecule has 0 bridgehead atoms. The first-order valence-corrected chi connectivity index (χ1v) is 10.9. The highest BCUT2D eigenvalue weighted by molar-refractivity contribution is 9.10. The average Bonchev–Trinajstić information content (AvgIpc) is 2.96. The van der Waals surface area contributed by atoms with Crippen molar-refractivity contribution in [3.05, 3.63) is 68.5 Å². The zero-order valence-electron chi connectivity index (χ0n) is 16.5. The molecule has 1 heterocycles. The zero-order chi connectivity index (χ0) is 21.7. The molecule has 0 atom stereocenters. The molecule has 0 spiro atoms. The molecule has 0 aliphatic carbocycles. The summed E-state index contributed by atoms with van der Waals surface area (Å²) in [7, 11) is 0. The third kappa shape index (κ3) is 5.31. The molecule has 8 heteroatoms. The molecule has 0 unspecified atom stereocenters. The van der Waals surface area contributed by atoms with Gasteiger partial charge in [0.05, 0.1) is 18.1 Å². The molecule has 3 rings (SSSR count). The van der Waals surface area contributed by atoms with Crippen LogP contribution in [0.5, 0.6) is 5.75 Å². The second-order valence-corrected chi connectivity index (χ2v) is 8.38. The highest BCUT2D eigenvalue weighted by atomic mass is 79.9. The molecule has 2 aromatic rings. The van der Waals surface area contributed by atoms with Crippen LogP contribution in [0.2, 0.25) is 0 Å². The second-order valence-electron chi connectivity index (χ2n) is 6.47. The van der Waals surface area contributed by atoms with Gasteiger partial charge >= 0.3 is 5.97 Å². The van der Waals surface area contributed by atoms with Crippen LogP contribution in [0.3, 0.4) is 0 Å². The van der Waals surface area contributed by atoms with Gasteiger partial charge in [-0.2, -0.15) is 0 Å². The minimum atomic E-state index is -0.482. The molecule has 1 aliphatic heterocycles. The van der Waals surface area contributed by atoms with Gasteiger partial charge < -0.3 is 9.47 Å². The van der Waals surface area contributed by atoms with E-state index in [4.69, 9.17) is 9.47 Å². The van der Waals surface area contributed by atoms with Crippen molar-refractivity contribution in [1.82, 2.24) is 4.90 Å². The number of esters is 1. The van der Waals surface area contributed by atoms with Gasteiger partial charge in [0.2, 0.25) is 0 Å². The first-order valence-electron chi connectivity index (χ1n) is 9.27. The van der Waals surface area contributed by atoms with Crippen LogP contribution in [-0.4, -0.2) is 35.2 Å². The summed E-state index contributed by atoms with van der Waals surface area (Å²) >= 11 is 4.28. The van der Waals surface area contributed by atoms with E-state index in [9.17, 15) is 14.4 Å². The van der Waals surface area contributed by atoms with Crippen LogP contribution in [-0.2, 0) is 20.9 Å². The van der Waals surface area contributed by atoms with Gasteiger partial charge in [0.25, 0.3) is 11.1 Å². The number of rotatable bonds is 7.